The van der Waals surface area contributed by atoms with Crippen molar-refractivity contribution >= 4 is 27.8 Å². The number of nitrogens with one attached hydrogen (secondary N) is 1. The molecule has 2 bridgehead atoms. The standard InChI is InChI=1S/C17H24N2O6S/c1-10-12(14(21)25-4)8-18-15(22)19(10)26(23,24)9-17-6-5-11(7-13(17)20)16(17,2)3/h8,10-11H,5-7,9H2,1-4H3,(H,18,22)/t10-,11?,17-/m1/s1. The van der Waals surface area contributed by atoms with E-state index in [0.29, 0.717) is 17.1 Å². The third-order valence-corrected chi connectivity index (χ3v) is 8.58. The molecule has 1 unspecified atom stereocenters. The number of Topliss-reactive ketones (excluding diaryl/α,β-unsaturated/α-hetero) is 1. The van der Waals surface area contributed by atoms with E-state index in [9.17, 15) is 22.8 Å². The number of hydrogen-bond acceptors (Lipinski definition) is 6. The van der Waals surface area contributed by atoms with E-state index < -0.39 is 44.6 Å². The van der Waals surface area contributed by atoms with Crippen molar-refractivity contribution in [2.45, 2.75) is 46.1 Å². The number of ketones is 1. The summed E-state index contributed by atoms with van der Waals surface area (Å²) in [5, 5.41) is 2.29. The predicted octanol–water partition coefficient (Wildman–Crippen LogP) is 1.18. The first-order chi connectivity index (χ1) is 12.0. The van der Waals surface area contributed by atoms with Crippen LogP contribution < -0.4 is 5.32 Å². The van der Waals surface area contributed by atoms with E-state index in [1.807, 2.05) is 13.8 Å². The summed E-state index contributed by atoms with van der Waals surface area (Å²) >= 11 is 0. The molecule has 26 heavy (non-hydrogen) atoms. The zero-order chi connectivity index (χ0) is 19.5. The highest BCUT2D eigenvalue weighted by Crippen LogP contribution is 2.64. The molecule has 9 heteroatoms. The van der Waals surface area contributed by atoms with E-state index in [4.69, 9.17) is 0 Å². The summed E-state index contributed by atoms with van der Waals surface area (Å²) in [7, 11) is -2.95. The molecule has 1 heterocycles. The lowest BCUT2D eigenvalue weighted by molar-refractivity contribution is -0.136. The number of ether oxygens (including phenoxy) is 1. The average Bonchev–Trinajstić information content (AvgIpc) is 2.87. The second-order valence-corrected chi connectivity index (χ2v) is 9.78. The number of urea groups is 1. The molecule has 0 aromatic carbocycles. The van der Waals surface area contributed by atoms with E-state index in [-0.39, 0.29) is 17.3 Å². The SMILES string of the molecule is COC(=O)C1=CNC(=O)N(S(=O)(=O)C[C@]23CCC(CC2=O)C3(C)C)[C@@H]1C. The normalized spacial score (nSPS) is 33.1. The Balaban J connectivity index is 1.96. The number of esters is 1. The molecule has 2 saturated carbocycles. The summed E-state index contributed by atoms with van der Waals surface area (Å²) in [6.07, 6.45) is 2.87. The number of amides is 2. The van der Waals surface area contributed by atoms with Crippen molar-refractivity contribution in [3.8, 4) is 0 Å². The number of rotatable bonds is 4. The van der Waals surface area contributed by atoms with Gasteiger partial charge in [0.25, 0.3) is 0 Å². The molecule has 8 nitrogen and oxygen atoms in total. The summed E-state index contributed by atoms with van der Waals surface area (Å²) in [5.41, 5.74) is -1.38. The van der Waals surface area contributed by atoms with Gasteiger partial charge >= 0.3 is 12.0 Å². The summed E-state index contributed by atoms with van der Waals surface area (Å²) in [6.45, 7) is 5.32. The van der Waals surface area contributed by atoms with Crippen LogP contribution in [0.1, 0.15) is 40.0 Å². The summed E-state index contributed by atoms with van der Waals surface area (Å²) in [6, 6.07) is -1.84. The molecule has 144 valence electrons. The molecule has 2 aliphatic carbocycles. The van der Waals surface area contributed by atoms with Crippen LogP contribution in [0.25, 0.3) is 0 Å². The molecule has 0 saturated heterocycles. The first-order valence-electron chi connectivity index (χ1n) is 8.62. The van der Waals surface area contributed by atoms with Gasteiger partial charge in [0.2, 0.25) is 10.0 Å². The van der Waals surface area contributed by atoms with E-state index >= 15 is 0 Å². The highest BCUT2D eigenvalue weighted by Gasteiger charge is 2.66. The van der Waals surface area contributed by atoms with Gasteiger partial charge in [0.05, 0.1) is 29.9 Å². The molecular formula is C17H24N2O6S. The minimum absolute atomic E-state index is 0.0366. The van der Waals surface area contributed by atoms with E-state index in [2.05, 4.69) is 10.1 Å². The highest BCUT2D eigenvalue weighted by atomic mass is 32.2. The Morgan fingerprint density at radius 3 is 2.54 bits per heavy atom. The molecule has 0 aromatic rings. The Hall–Kier alpha value is -1.90. The van der Waals surface area contributed by atoms with Crippen molar-refractivity contribution in [1.29, 1.82) is 0 Å². The fourth-order valence-electron chi connectivity index (χ4n) is 4.83. The Morgan fingerprint density at radius 1 is 1.38 bits per heavy atom. The van der Waals surface area contributed by atoms with Gasteiger partial charge in [-0.2, -0.15) is 0 Å². The molecule has 0 aromatic heterocycles. The number of carbonyl (C=O) groups is 3. The van der Waals surface area contributed by atoms with Gasteiger partial charge in [-0.25, -0.2) is 22.3 Å². The summed E-state index contributed by atoms with van der Waals surface area (Å²) < 4.78 is 31.7. The van der Waals surface area contributed by atoms with Crippen molar-refractivity contribution in [2.24, 2.45) is 16.7 Å². The van der Waals surface area contributed by atoms with Crippen LogP contribution in [0.4, 0.5) is 4.79 Å². The third-order valence-electron chi connectivity index (χ3n) is 6.64. The largest absolute Gasteiger partial charge is 0.466 e. The van der Waals surface area contributed by atoms with Gasteiger partial charge in [0.1, 0.15) is 5.78 Å². The van der Waals surface area contributed by atoms with Crippen molar-refractivity contribution < 1.29 is 27.5 Å². The van der Waals surface area contributed by atoms with Crippen LogP contribution in [0.15, 0.2) is 11.8 Å². The zero-order valence-electron chi connectivity index (χ0n) is 15.4. The van der Waals surface area contributed by atoms with Gasteiger partial charge in [-0.3, -0.25) is 4.79 Å². The average molecular weight is 384 g/mol. The number of carbonyl (C=O) groups excluding carboxylic acids is 3. The molecule has 0 radical (unpaired) electrons. The number of hydrogen-bond donors (Lipinski definition) is 1. The van der Waals surface area contributed by atoms with Gasteiger partial charge < -0.3 is 10.1 Å². The first kappa shape index (κ1) is 18.9. The maximum Gasteiger partial charge on any atom is 0.337 e. The van der Waals surface area contributed by atoms with Gasteiger partial charge in [0, 0.05) is 12.6 Å². The molecule has 2 fully saturated rings. The Kier molecular flexibility index (Phi) is 4.21. The Labute approximate surface area is 153 Å². The van der Waals surface area contributed by atoms with Gasteiger partial charge in [0.15, 0.2) is 0 Å². The van der Waals surface area contributed by atoms with Crippen LogP contribution in [0.5, 0.6) is 0 Å². The molecule has 3 aliphatic rings. The van der Waals surface area contributed by atoms with E-state index in [1.54, 1.807) is 0 Å². The van der Waals surface area contributed by atoms with Crippen LogP contribution in [-0.2, 0) is 24.3 Å². The van der Waals surface area contributed by atoms with Crippen LogP contribution in [0, 0.1) is 16.7 Å². The topological polar surface area (TPSA) is 110 Å². The van der Waals surface area contributed by atoms with E-state index in [1.165, 1.54) is 20.2 Å². The lowest BCUT2D eigenvalue weighted by atomic mass is 9.70. The fraction of sp³-hybridized carbons (Fsp3) is 0.706. The highest BCUT2D eigenvalue weighted by molar-refractivity contribution is 7.89. The second kappa shape index (κ2) is 5.80. The number of nitrogens with zero attached hydrogens (tertiary/aromatic N) is 1. The predicted molar refractivity (Wildman–Crippen MR) is 92.3 cm³/mol. The van der Waals surface area contributed by atoms with Crippen molar-refractivity contribution in [3.05, 3.63) is 11.8 Å². The quantitative estimate of drug-likeness (QED) is 0.729. The first-order valence-corrected chi connectivity index (χ1v) is 10.2. The Morgan fingerprint density at radius 2 is 2.04 bits per heavy atom. The Bertz CT molecular complexity index is 815. The van der Waals surface area contributed by atoms with Crippen LogP contribution >= 0.6 is 0 Å². The molecule has 2 amide bonds. The van der Waals surface area contributed by atoms with Crippen LogP contribution in [-0.4, -0.2) is 49.4 Å². The van der Waals surface area contributed by atoms with Crippen molar-refractivity contribution in [3.63, 3.8) is 0 Å². The van der Waals surface area contributed by atoms with Crippen LogP contribution in [0.2, 0.25) is 0 Å². The molecule has 1 aliphatic heterocycles. The van der Waals surface area contributed by atoms with Gasteiger partial charge in [-0.05, 0) is 31.1 Å². The minimum atomic E-state index is -4.14. The number of sulfonamides is 1. The van der Waals surface area contributed by atoms with E-state index in [0.717, 1.165) is 6.42 Å². The minimum Gasteiger partial charge on any atom is -0.466 e. The lowest BCUT2D eigenvalue weighted by Gasteiger charge is -2.39. The monoisotopic (exact) mass is 384 g/mol. The summed E-state index contributed by atoms with van der Waals surface area (Å²) in [5.74, 6) is -1.01. The molecular weight excluding hydrogens is 360 g/mol. The van der Waals surface area contributed by atoms with Crippen molar-refractivity contribution in [1.82, 2.24) is 9.62 Å². The fourth-order valence-corrected chi connectivity index (χ4v) is 7.17. The molecule has 3 atom stereocenters. The van der Waals surface area contributed by atoms with Crippen molar-refractivity contribution in [2.75, 3.05) is 12.9 Å². The van der Waals surface area contributed by atoms with Gasteiger partial charge in [-0.1, -0.05) is 13.8 Å². The van der Waals surface area contributed by atoms with Gasteiger partial charge in [-0.15, -0.1) is 0 Å². The smallest absolute Gasteiger partial charge is 0.337 e. The summed E-state index contributed by atoms with van der Waals surface area (Å²) in [4.78, 5) is 36.8. The number of fused-ring (bicyclic) bond motifs is 2. The molecule has 0 spiro atoms. The van der Waals surface area contributed by atoms with Crippen LogP contribution in [0.3, 0.4) is 0 Å². The second-order valence-electron chi connectivity index (χ2n) is 7.94. The maximum absolute atomic E-state index is 13.2. The lowest BCUT2D eigenvalue weighted by Crippen LogP contribution is -2.56. The number of methoxy groups -OCH3 is 1. The molecule has 3 rings (SSSR count). The zero-order valence-corrected chi connectivity index (χ0v) is 16.2. The third kappa shape index (κ3) is 2.39. The maximum atomic E-state index is 13.2. The molecule has 1 N–H and O–H groups in total.